The largest absolute Gasteiger partial charge is 0.494 e. The molecule has 0 aliphatic carbocycles. The van der Waals surface area contributed by atoms with Gasteiger partial charge in [-0.1, -0.05) is 24.6 Å². The van der Waals surface area contributed by atoms with Crippen molar-refractivity contribution < 1.29 is 23.7 Å². The van der Waals surface area contributed by atoms with Gasteiger partial charge in [-0.15, -0.1) is 0 Å². The van der Waals surface area contributed by atoms with Gasteiger partial charge in [0.25, 0.3) is 0 Å². The molecule has 7 heteroatoms. The molecule has 186 valence electrons. The lowest BCUT2D eigenvalue weighted by molar-refractivity contribution is -0.0647. The Balaban J connectivity index is 1.26. The summed E-state index contributed by atoms with van der Waals surface area (Å²) < 4.78 is 30.8. The summed E-state index contributed by atoms with van der Waals surface area (Å²) >= 11 is 0. The summed E-state index contributed by atoms with van der Waals surface area (Å²) in [5.74, 6) is 0.915. The standard InChI is InChI=1S/C27H37FN2O4/c28-24-8-5-10-26(18-24)34-22-27(31)20-30(14-16-32-21-27)19-23-7-4-9-25(17-23)33-15-6-13-29-11-2-1-3-12-29/h4-5,7-10,17-18,31H,1-3,6,11-16,19-22H2. The first-order chi connectivity index (χ1) is 16.6. The van der Waals surface area contributed by atoms with E-state index in [1.807, 2.05) is 12.1 Å². The molecule has 2 aromatic carbocycles. The monoisotopic (exact) mass is 472 g/mol. The molecule has 1 atom stereocenters. The molecule has 34 heavy (non-hydrogen) atoms. The third-order valence-electron chi connectivity index (χ3n) is 6.38. The van der Waals surface area contributed by atoms with E-state index in [4.69, 9.17) is 14.2 Å². The molecular formula is C27H37FN2O4. The lowest BCUT2D eigenvalue weighted by atomic mass is 10.1. The SMILES string of the molecule is OC1(COc2cccc(F)c2)COCCN(Cc2cccc(OCCCN3CCCCC3)c2)C1. The van der Waals surface area contributed by atoms with Crippen LogP contribution in [-0.2, 0) is 11.3 Å². The van der Waals surface area contributed by atoms with Crippen LogP contribution in [0.1, 0.15) is 31.2 Å². The maximum Gasteiger partial charge on any atom is 0.134 e. The van der Waals surface area contributed by atoms with Crippen LogP contribution < -0.4 is 9.47 Å². The molecule has 1 unspecified atom stereocenters. The third-order valence-corrected chi connectivity index (χ3v) is 6.38. The molecule has 0 aromatic heterocycles. The zero-order valence-corrected chi connectivity index (χ0v) is 20.0. The normalized spacial score (nSPS) is 22.3. The van der Waals surface area contributed by atoms with Crippen molar-refractivity contribution in [2.75, 3.05) is 59.2 Å². The van der Waals surface area contributed by atoms with Crippen molar-refractivity contribution in [3.63, 3.8) is 0 Å². The van der Waals surface area contributed by atoms with Gasteiger partial charge in [-0.05, 0) is 62.2 Å². The fourth-order valence-electron chi connectivity index (χ4n) is 4.65. The summed E-state index contributed by atoms with van der Waals surface area (Å²) in [6, 6.07) is 14.1. The van der Waals surface area contributed by atoms with E-state index in [1.165, 1.54) is 44.5 Å². The summed E-state index contributed by atoms with van der Waals surface area (Å²) in [6.07, 6.45) is 5.03. The number of β-amino-alcohol motifs (C(OH)–C–C–N with tert-alkyl or cyclic N) is 1. The molecule has 2 fully saturated rings. The van der Waals surface area contributed by atoms with Crippen LogP contribution >= 0.6 is 0 Å². The molecule has 2 aromatic rings. The Hall–Kier alpha value is -2.19. The average Bonchev–Trinajstić information content (AvgIpc) is 3.03. The van der Waals surface area contributed by atoms with E-state index in [9.17, 15) is 9.50 Å². The molecule has 2 aliphatic rings. The number of nitrogens with zero attached hydrogens (tertiary/aromatic N) is 2. The Labute approximate surface area is 202 Å². The van der Waals surface area contributed by atoms with Crippen molar-refractivity contribution in [2.24, 2.45) is 0 Å². The first-order valence-electron chi connectivity index (χ1n) is 12.4. The van der Waals surface area contributed by atoms with Gasteiger partial charge in [0.1, 0.15) is 29.5 Å². The Morgan fingerprint density at radius 3 is 2.56 bits per heavy atom. The third kappa shape index (κ3) is 7.94. The van der Waals surface area contributed by atoms with Gasteiger partial charge >= 0.3 is 0 Å². The molecule has 2 aliphatic heterocycles. The number of benzene rings is 2. The van der Waals surface area contributed by atoms with Crippen LogP contribution in [0.25, 0.3) is 0 Å². The van der Waals surface area contributed by atoms with Gasteiger partial charge in [0, 0.05) is 32.2 Å². The fourth-order valence-corrected chi connectivity index (χ4v) is 4.65. The summed E-state index contributed by atoms with van der Waals surface area (Å²) in [5, 5.41) is 11.1. The number of hydrogen-bond donors (Lipinski definition) is 1. The number of likely N-dealkylation sites (tertiary alicyclic amines) is 1. The zero-order valence-electron chi connectivity index (χ0n) is 20.0. The lowest BCUT2D eigenvalue weighted by Crippen LogP contribution is -2.48. The highest BCUT2D eigenvalue weighted by Crippen LogP contribution is 2.21. The second-order valence-electron chi connectivity index (χ2n) is 9.49. The van der Waals surface area contributed by atoms with Crippen LogP contribution in [0.2, 0.25) is 0 Å². The van der Waals surface area contributed by atoms with Crippen molar-refractivity contribution >= 4 is 0 Å². The number of piperidine rings is 1. The minimum Gasteiger partial charge on any atom is -0.494 e. The van der Waals surface area contributed by atoms with Gasteiger partial charge in [-0.2, -0.15) is 0 Å². The van der Waals surface area contributed by atoms with Crippen LogP contribution in [0.15, 0.2) is 48.5 Å². The first-order valence-corrected chi connectivity index (χ1v) is 12.4. The van der Waals surface area contributed by atoms with Crippen molar-refractivity contribution in [1.82, 2.24) is 9.80 Å². The predicted octanol–water partition coefficient (Wildman–Crippen LogP) is 3.72. The van der Waals surface area contributed by atoms with E-state index in [1.54, 1.807) is 12.1 Å². The topological polar surface area (TPSA) is 54.4 Å². The van der Waals surface area contributed by atoms with Crippen LogP contribution in [0, 0.1) is 5.82 Å². The van der Waals surface area contributed by atoms with Crippen molar-refractivity contribution in [3.8, 4) is 11.5 Å². The van der Waals surface area contributed by atoms with Crippen molar-refractivity contribution in [1.29, 1.82) is 0 Å². The van der Waals surface area contributed by atoms with Crippen molar-refractivity contribution in [2.45, 2.75) is 37.8 Å². The molecule has 0 amide bonds. The van der Waals surface area contributed by atoms with E-state index in [0.29, 0.717) is 38.6 Å². The Bertz CT molecular complexity index is 892. The minimum absolute atomic E-state index is 0.0348. The second kappa shape index (κ2) is 12.5. The highest BCUT2D eigenvalue weighted by molar-refractivity contribution is 5.28. The molecule has 0 radical (unpaired) electrons. The molecular weight excluding hydrogens is 435 g/mol. The number of hydrogen-bond acceptors (Lipinski definition) is 6. The Morgan fingerprint density at radius 2 is 1.74 bits per heavy atom. The summed E-state index contributed by atoms with van der Waals surface area (Å²) in [6.45, 7) is 6.80. The van der Waals surface area contributed by atoms with E-state index in [-0.39, 0.29) is 19.0 Å². The summed E-state index contributed by atoms with van der Waals surface area (Å²) in [4.78, 5) is 4.70. The number of halogens is 1. The van der Waals surface area contributed by atoms with E-state index < -0.39 is 5.60 Å². The van der Waals surface area contributed by atoms with Crippen LogP contribution in [0.5, 0.6) is 11.5 Å². The first kappa shape index (κ1) is 24.9. The molecule has 4 rings (SSSR count). The molecule has 2 saturated heterocycles. The molecule has 2 heterocycles. The smallest absolute Gasteiger partial charge is 0.134 e. The van der Waals surface area contributed by atoms with Gasteiger partial charge in [-0.25, -0.2) is 4.39 Å². The number of ether oxygens (including phenoxy) is 3. The van der Waals surface area contributed by atoms with E-state index >= 15 is 0 Å². The Morgan fingerprint density at radius 1 is 0.941 bits per heavy atom. The van der Waals surface area contributed by atoms with Gasteiger partial charge in [0.15, 0.2) is 0 Å². The lowest BCUT2D eigenvalue weighted by Gasteiger charge is -2.30. The highest BCUT2D eigenvalue weighted by atomic mass is 19.1. The number of rotatable bonds is 10. The maximum absolute atomic E-state index is 13.4. The van der Waals surface area contributed by atoms with Crippen LogP contribution in [0.4, 0.5) is 4.39 Å². The van der Waals surface area contributed by atoms with Gasteiger partial charge in [-0.3, -0.25) is 4.90 Å². The van der Waals surface area contributed by atoms with Gasteiger partial charge in [0.05, 0.1) is 19.8 Å². The molecule has 0 spiro atoms. The van der Waals surface area contributed by atoms with Gasteiger partial charge in [0.2, 0.25) is 0 Å². The second-order valence-corrected chi connectivity index (χ2v) is 9.49. The fraction of sp³-hybridized carbons (Fsp3) is 0.556. The average molecular weight is 473 g/mol. The summed E-state index contributed by atoms with van der Waals surface area (Å²) in [7, 11) is 0. The van der Waals surface area contributed by atoms with Crippen molar-refractivity contribution in [3.05, 3.63) is 59.9 Å². The Kier molecular flexibility index (Phi) is 9.16. The quantitative estimate of drug-likeness (QED) is 0.532. The van der Waals surface area contributed by atoms with E-state index in [0.717, 1.165) is 24.3 Å². The minimum atomic E-state index is -1.18. The molecule has 0 bridgehead atoms. The van der Waals surface area contributed by atoms with Gasteiger partial charge < -0.3 is 24.2 Å². The van der Waals surface area contributed by atoms with Crippen LogP contribution in [-0.4, -0.2) is 79.7 Å². The highest BCUT2D eigenvalue weighted by Gasteiger charge is 2.33. The summed E-state index contributed by atoms with van der Waals surface area (Å²) in [5.41, 5.74) is -0.0467. The molecule has 1 N–H and O–H groups in total. The molecule has 0 saturated carbocycles. The van der Waals surface area contributed by atoms with Crippen LogP contribution in [0.3, 0.4) is 0 Å². The predicted molar refractivity (Wildman–Crippen MR) is 130 cm³/mol. The molecule has 6 nitrogen and oxygen atoms in total. The van der Waals surface area contributed by atoms with E-state index in [2.05, 4.69) is 21.9 Å². The maximum atomic E-state index is 13.4. The zero-order chi connectivity index (χ0) is 23.6. The number of aliphatic hydroxyl groups is 1.